The van der Waals surface area contributed by atoms with Crippen molar-refractivity contribution >= 4 is 28.0 Å². The van der Waals surface area contributed by atoms with Crippen molar-refractivity contribution in [3.63, 3.8) is 0 Å². The normalized spacial score (nSPS) is 24.2. The minimum atomic E-state index is -1.07. The highest BCUT2D eigenvalue weighted by molar-refractivity contribution is 9.09. The Morgan fingerprint density at radius 1 is 0.892 bits per heavy atom. The van der Waals surface area contributed by atoms with Gasteiger partial charge in [0.05, 0.1) is 6.61 Å². The van der Waals surface area contributed by atoms with Gasteiger partial charge in [-0.05, 0) is 27.8 Å². The second kappa shape index (κ2) is 9.93. The highest BCUT2D eigenvalue weighted by Crippen LogP contribution is 2.46. The summed E-state index contributed by atoms with van der Waals surface area (Å²) in [4.78, 5) is 32.6. The van der Waals surface area contributed by atoms with Gasteiger partial charge in [0.1, 0.15) is 13.2 Å². The van der Waals surface area contributed by atoms with Crippen LogP contribution in [-0.4, -0.2) is 47.0 Å². The zero-order chi connectivity index (χ0) is 25.4. The molecule has 3 aromatic carbocycles. The molecule has 190 valence electrons. The number of esters is 1. The SMILES string of the molecule is O=C(OCc1ccccc1)[C@@H]1COC2(CC(Br)C2)ON1C(=O)OCC1c2ccccc2-c2ccccc21. The number of rotatable bonds is 5. The number of carbonyl (C=O) groups is 2. The number of carbonyl (C=O) groups excluding carboxylic acids is 2. The number of fused-ring (bicyclic) bond motifs is 3. The largest absolute Gasteiger partial charge is 0.459 e. The Bertz CT molecular complexity index is 1260. The maximum absolute atomic E-state index is 13.4. The van der Waals surface area contributed by atoms with Crippen molar-refractivity contribution in [3.8, 4) is 11.1 Å². The van der Waals surface area contributed by atoms with Crippen molar-refractivity contribution < 1.29 is 28.6 Å². The fraction of sp³-hybridized carbons (Fsp3) is 0.310. The van der Waals surface area contributed by atoms with Crippen LogP contribution >= 0.6 is 15.9 Å². The van der Waals surface area contributed by atoms with E-state index in [1.54, 1.807) is 0 Å². The molecule has 0 unspecified atom stereocenters. The van der Waals surface area contributed by atoms with Gasteiger partial charge in [0, 0.05) is 23.6 Å². The third kappa shape index (κ3) is 4.65. The Balaban J connectivity index is 1.18. The summed E-state index contributed by atoms with van der Waals surface area (Å²) < 4.78 is 17.2. The van der Waals surface area contributed by atoms with Crippen LogP contribution < -0.4 is 0 Å². The molecule has 0 bridgehead atoms. The van der Waals surface area contributed by atoms with Gasteiger partial charge in [0.2, 0.25) is 0 Å². The molecule has 2 aliphatic carbocycles. The molecule has 3 aromatic rings. The summed E-state index contributed by atoms with van der Waals surface area (Å²) in [6.07, 6.45) is 0.391. The summed E-state index contributed by atoms with van der Waals surface area (Å²) >= 11 is 3.54. The van der Waals surface area contributed by atoms with Crippen molar-refractivity contribution in [2.45, 2.75) is 42.0 Å². The lowest BCUT2D eigenvalue weighted by molar-refractivity contribution is -0.401. The number of hydroxylamine groups is 2. The molecule has 7 nitrogen and oxygen atoms in total. The molecular formula is C29H26BrNO6. The van der Waals surface area contributed by atoms with Crippen molar-refractivity contribution in [1.82, 2.24) is 5.06 Å². The zero-order valence-corrected chi connectivity index (χ0v) is 21.6. The summed E-state index contributed by atoms with van der Waals surface area (Å²) in [5.74, 6) is -1.66. The van der Waals surface area contributed by atoms with Gasteiger partial charge >= 0.3 is 12.1 Å². The van der Waals surface area contributed by atoms with Crippen LogP contribution in [0.4, 0.5) is 4.79 Å². The first kappa shape index (κ1) is 24.2. The predicted molar refractivity (Wildman–Crippen MR) is 139 cm³/mol. The fourth-order valence-electron chi connectivity index (χ4n) is 5.19. The molecule has 1 saturated heterocycles. The average molecular weight is 564 g/mol. The molecule has 1 heterocycles. The van der Waals surface area contributed by atoms with Gasteiger partial charge in [-0.3, -0.25) is 0 Å². The van der Waals surface area contributed by atoms with Gasteiger partial charge in [0.15, 0.2) is 11.8 Å². The topological polar surface area (TPSA) is 74.3 Å². The Hall–Kier alpha value is -3.20. The van der Waals surface area contributed by atoms with E-state index in [-0.39, 0.29) is 30.6 Å². The smallest absolute Gasteiger partial charge is 0.435 e. The highest BCUT2D eigenvalue weighted by atomic mass is 79.9. The standard InChI is InChI=1S/C29H26BrNO6/c30-20-14-29(15-20)36-18-26(27(32)34-16-19-8-2-1-3-9-19)31(37-29)28(33)35-17-25-23-12-6-4-10-21(23)22-11-5-7-13-24(22)25/h1-13,20,25-26H,14-18H2/t20?,26-,29?/m0/s1. The van der Waals surface area contributed by atoms with E-state index in [1.807, 2.05) is 54.6 Å². The highest BCUT2D eigenvalue weighted by Gasteiger charge is 2.54. The molecule has 8 heteroatoms. The van der Waals surface area contributed by atoms with Gasteiger partial charge in [-0.2, -0.15) is 5.06 Å². The monoisotopic (exact) mass is 563 g/mol. The molecule has 3 aliphatic rings. The summed E-state index contributed by atoms with van der Waals surface area (Å²) in [5, 5.41) is 1.02. The lowest BCUT2D eigenvalue weighted by atomic mass is 9.90. The molecule has 0 radical (unpaired) electrons. The molecule has 6 rings (SSSR count). The van der Waals surface area contributed by atoms with Crippen LogP contribution in [0.2, 0.25) is 0 Å². The Labute approximate surface area is 223 Å². The van der Waals surface area contributed by atoms with Crippen LogP contribution in [0.25, 0.3) is 11.1 Å². The number of nitrogens with zero attached hydrogens (tertiary/aromatic N) is 1. The number of halogens is 1. The van der Waals surface area contributed by atoms with Crippen LogP contribution in [0.1, 0.15) is 35.4 Å². The van der Waals surface area contributed by atoms with E-state index in [0.717, 1.165) is 32.9 Å². The van der Waals surface area contributed by atoms with Gasteiger partial charge in [-0.1, -0.05) is 94.8 Å². The number of hydrogen-bond donors (Lipinski definition) is 0. The van der Waals surface area contributed by atoms with Crippen molar-refractivity contribution in [3.05, 3.63) is 95.6 Å². The number of benzene rings is 3. The first-order valence-electron chi connectivity index (χ1n) is 12.3. The third-order valence-electron chi connectivity index (χ3n) is 7.13. The molecule has 1 amide bonds. The average Bonchev–Trinajstić information content (AvgIpc) is 3.24. The minimum Gasteiger partial charge on any atom is -0.459 e. The number of alkyl halides is 1. The molecule has 0 aromatic heterocycles. The summed E-state index contributed by atoms with van der Waals surface area (Å²) in [6.45, 7) is 0.175. The lowest BCUT2D eigenvalue weighted by Gasteiger charge is -2.50. The van der Waals surface area contributed by atoms with Crippen LogP contribution in [-0.2, 0) is 30.4 Å². The van der Waals surface area contributed by atoms with E-state index < -0.39 is 23.9 Å². The summed E-state index contributed by atoms with van der Waals surface area (Å²) in [6, 6.07) is 24.6. The zero-order valence-electron chi connectivity index (χ0n) is 20.0. The second-order valence-corrected chi connectivity index (χ2v) is 10.9. The first-order valence-corrected chi connectivity index (χ1v) is 13.3. The van der Waals surface area contributed by atoms with Crippen molar-refractivity contribution in [1.29, 1.82) is 0 Å². The maximum atomic E-state index is 13.4. The van der Waals surface area contributed by atoms with Crippen molar-refractivity contribution in [2.24, 2.45) is 0 Å². The molecule has 1 saturated carbocycles. The fourth-order valence-corrected chi connectivity index (χ4v) is 6.17. The van der Waals surface area contributed by atoms with E-state index in [0.29, 0.717) is 12.8 Å². The van der Waals surface area contributed by atoms with Gasteiger partial charge in [-0.25, -0.2) is 14.4 Å². The summed E-state index contributed by atoms with van der Waals surface area (Å²) in [7, 11) is 0. The van der Waals surface area contributed by atoms with Gasteiger partial charge in [0.25, 0.3) is 0 Å². The molecule has 0 N–H and O–H groups in total. The summed E-state index contributed by atoms with van der Waals surface area (Å²) in [5.41, 5.74) is 5.34. The number of hydrogen-bond acceptors (Lipinski definition) is 6. The Morgan fingerprint density at radius 2 is 1.51 bits per heavy atom. The lowest BCUT2D eigenvalue weighted by Crippen LogP contribution is -2.63. The van der Waals surface area contributed by atoms with Gasteiger partial charge < -0.3 is 14.2 Å². The van der Waals surface area contributed by atoms with E-state index in [2.05, 4.69) is 40.2 Å². The molecule has 1 atom stereocenters. The molecule has 2 fully saturated rings. The second-order valence-electron chi connectivity index (χ2n) is 9.56. The molecule has 1 spiro atoms. The van der Waals surface area contributed by atoms with Crippen LogP contribution in [0.15, 0.2) is 78.9 Å². The van der Waals surface area contributed by atoms with E-state index >= 15 is 0 Å². The van der Waals surface area contributed by atoms with Crippen LogP contribution in [0.3, 0.4) is 0 Å². The molecule has 37 heavy (non-hydrogen) atoms. The first-order chi connectivity index (χ1) is 18.0. The molecular weight excluding hydrogens is 538 g/mol. The van der Waals surface area contributed by atoms with Crippen LogP contribution in [0.5, 0.6) is 0 Å². The van der Waals surface area contributed by atoms with Gasteiger partial charge in [-0.15, -0.1) is 0 Å². The predicted octanol–water partition coefficient (Wildman–Crippen LogP) is 5.56. The number of amides is 1. The third-order valence-corrected chi connectivity index (χ3v) is 7.78. The minimum absolute atomic E-state index is 0.0302. The Morgan fingerprint density at radius 3 is 2.16 bits per heavy atom. The quantitative estimate of drug-likeness (QED) is 0.298. The molecule has 1 aliphatic heterocycles. The van der Waals surface area contributed by atoms with E-state index in [9.17, 15) is 9.59 Å². The van der Waals surface area contributed by atoms with E-state index in [4.69, 9.17) is 19.0 Å². The number of ether oxygens (including phenoxy) is 3. The van der Waals surface area contributed by atoms with Crippen molar-refractivity contribution in [2.75, 3.05) is 13.2 Å². The maximum Gasteiger partial charge on any atom is 0.435 e. The van der Waals surface area contributed by atoms with Crippen LogP contribution in [0, 0.1) is 0 Å². The Kier molecular flexibility index (Phi) is 6.48. The van der Waals surface area contributed by atoms with E-state index in [1.165, 1.54) is 0 Å².